The number of para-hydroxylation sites is 1. The van der Waals surface area contributed by atoms with Crippen LogP contribution >= 0.6 is 0 Å². The van der Waals surface area contributed by atoms with Gasteiger partial charge in [0.15, 0.2) is 0 Å². The first kappa shape index (κ1) is 10.5. The summed E-state index contributed by atoms with van der Waals surface area (Å²) in [4.78, 5) is 12.6. The number of primary amides is 1. The van der Waals surface area contributed by atoms with E-state index < -0.39 is 11.9 Å². The molecule has 4 heteroatoms. The SMILES string of the molecule is CN(CC(N)C(N)=O)c1ccccc1. The lowest BCUT2D eigenvalue weighted by molar-refractivity contribution is -0.119. The molecule has 1 unspecified atom stereocenters. The molecule has 0 spiro atoms. The molecule has 0 aliphatic heterocycles. The number of hydrogen-bond donors (Lipinski definition) is 2. The smallest absolute Gasteiger partial charge is 0.236 e. The maximum Gasteiger partial charge on any atom is 0.236 e. The van der Waals surface area contributed by atoms with Gasteiger partial charge in [-0.2, -0.15) is 0 Å². The Labute approximate surface area is 83.5 Å². The fraction of sp³-hybridized carbons (Fsp3) is 0.300. The first-order valence-corrected chi connectivity index (χ1v) is 4.42. The summed E-state index contributed by atoms with van der Waals surface area (Å²) in [6, 6.07) is 9.08. The zero-order chi connectivity index (χ0) is 10.6. The molecular weight excluding hydrogens is 178 g/mol. The van der Waals surface area contributed by atoms with Crippen molar-refractivity contribution in [3.63, 3.8) is 0 Å². The number of hydrogen-bond acceptors (Lipinski definition) is 3. The number of likely N-dealkylation sites (N-methyl/N-ethyl adjacent to an activating group) is 1. The van der Waals surface area contributed by atoms with Crippen LogP contribution in [0.4, 0.5) is 5.69 Å². The monoisotopic (exact) mass is 193 g/mol. The second-order valence-corrected chi connectivity index (χ2v) is 3.22. The number of anilines is 1. The van der Waals surface area contributed by atoms with Crippen LogP contribution in [0.15, 0.2) is 30.3 Å². The third kappa shape index (κ3) is 2.74. The van der Waals surface area contributed by atoms with Gasteiger partial charge in [0.2, 0.25) is 5.91 Å². The molecule has 1 aromatic carbocycles. The van der Waals surface area contributed by atoms with E-state index >= 15 is 0 Å². The molecule has 0 aliphatic carbocycles. The Hall–Kier alpha value is -1.55. The van der Waals surface area contributed by atoms with Crippen molar-refractivity contribution in [3.8, 4) is 0 Å². The van der Waals surface area contributed by atoms with Gasteiger partial charge in [-0.1, -0.05) is 18.2 Å². The van der Waals surface area contributed by atoms with Gasteiger partial charge in [0.1, 0.15) is 6.04 Å². The third-order valence-corrected chi connectivity index (χ3v) is 2.03. The molecule has 4 N–H and O–H groups in total. The van der Waals surface area contributed by atoms with Gasteiger partial charge in [-0.15, -0.1) is 0 Å². The van der Waals surface area contributed by atoms with Crippen LogP contribution in [0.1, 0.15) is 0 Å². The molecular formula is C10H15N3O. The van der Waals surface area contributed by atoms with Crippen molar-refractivity contribution in [3.05, 3.63) is 30.3 Å². The molecule has 4 nitrogen and oxygen atoms in total. The molecule has 0 saturated heterocycles. The van der Waals surface area contributed by atoms with E-state index in [1.54, 1.807) is 0 Å². The minimum absolute atomic E-state index is 0.430. The first-order valence-electron chi connectivity index (χ1n) is 4.42. The molecule has 0 saturated carbocycles. The molecule has 0 radical (unpaired) electrons. The van der Waals surface area contributed by atoms with E-state index in [0.29, 0.717) is 6.54 Å². The van der Waals surface area contributed by atoms with Crippen molar-refractivity contribution in [1.29, 1.82) is 0 Å². The molecule has 1 atom stereocenters. The van der Waals surface area contributed by atoms with Gasteiger partial charge in [0, 0.05) is 19.3 Å². The van der Waals surface area contributed by atoms with Crippen LogP contribution in [0.3, 0.4) is 0 Å². The lowest BCUT2D eigenvalue weighted by Crippen LogP contribution is -2.44. The highest BCUT2D eigenvalue weighted by atomic mass is 16.1. The van der Waals surface area contributed by atoms with Gasteiger partial charge in [-0.3, -0.25) is 4.79 Å². The summed E-state index contributed by atoms with van der Waals surface area (Å²) in [5.74, 6) is -0.479. The molecule has 0 fully saturated rings. The zero-order valence-corrected chi connectivity index (χ0v) is 8.18. The molecule has 0 aliphatic rings. The van der Waals surface area contributed by atoms with Crippen LogP contribution in [-0.4, -0.2) is 25.5 Å². The average molecular weight is 193 g/mol. The van der Waals surface area contributed by atoms with E-state index in [1.807, 2.05) is 42.3 Å². The Balaban J connectivity index is 2.59. The van der Waals surface area contributed by atoms with E-state index in [2.05, 4.69) is 0 Å². The van der Waals surface area contributed by atoms with Gasteiger partial charge in [-0.25, -0.2) is 0 Å². The van der Waals surface area contributed by atoms with Crippen LogP contribution in [0, 0.1) is 0 Å². The summed E-state index contributed by atoms with van der Waals surface area (Å²) in [5.41, 5.74) is 11.6. The van der Waals surface area contributed by atoms with E-state index in [-0.39, 0.29) is 0 Å². The molecule has 0 aromatic heterocycles. The Morgan fingerprint density at radius 2 is 2.00 bits per heavy atom. The van der Waals surface area contributed by atoms with Gasteiger partial charge in [-0.05, 0) is 12.1 Å². The number of carbonyl (C=O) groups is 1. The van der Waals surface area contributed by atoms with Crippen LogP contribution in [-0.2, 0) is 4.79 Å². The number of carbonyl (C=O) groups excluding carboxylic acids is 1. The largest absolute Gasteiger partial charge is 0.373 e. The summed E-state index contributed by atoms with van der Waals surface area (Å²) in [5, 5.41) is 0. The van der Waals surface area contributed by atoms with Crippen molar-refractivity contribution in [2.45, 2.75) is 6.04 Å². The van der Waals surface area contributed by atoms with Gasteiger partial charge in [0.25, 0.3) is 0 Å². The summed E-state index contributed by atoms with van der Waals surface area (Å²) in [6.45, 7) is 0.430. The predicted molar refractivity (Wildman–Crippen MR) is 56.9 cm³/mol. The lowest BCUT2D eigenvalue weighted by Gasteiger charge is -2.21. The number of amides is 1. The molecule has 1 rings (SSSR count). The molecule has 14 heavy (non-hydrogen) atoms. The van der Waals surface area contributed by atoms with Crippen LogP contribution in [0.25, 0.3) is 0 Å². The highest BCUT2D eigenvalue weighted by Gasteiger charge is 2.11. The van der Waals surface area contributed by atoms with Crippen LogP contribution in [0.5, 0.6) is 0 Å². The van der Waals surface area contributed by atoms with Gasteiger partial charge in [0.05, 0.1) is 0 Å². The molecule has 1 amide bonds. The first-order chi connectivity index (χ1) is 6.61. The minimum atomic E-state index is -0.625. The van der Waals surface area contributed by atoms with Gasteiger partial charge < -0.3 is 16.4 Å². The van der Waals surface area contributed by atoms with E-state index in [0.717, 1.165) is 5.69 Å². The van der Waals surface area contributed by atoms with Crippen molar-refractivity contribution >= 4 is 11.6 Å². The van der Waals surface area contributed by atoms with Crippen molar-refractivity contribution in [2.24, 2.45) is 11.5 Å². The number of nitrogens with two attached hydrogens (primary N) is 2. The normalized spacial score (nSPS) is 12.1. The molecule has 76 valence electrons. The highest BCUT2D eigenvalue weighted by Crippen LogP contribution is 2.10. The maximum absolute atomic E-state index is 10.7. The topological polar surface area (TPSA) is 72.3 Å². The quantitative estimate of drug-likeness (QED) is 0.703. The van der Waals surface area contributed by atoms with Gasteiger partial charge >= 0.3 is 0 Å². The Morgan fingerprint density at radius 3 is 2.50 bits per heavy atom. The molecule has 0 bridgehead atoms. The predicted octanol–water partition coefficient (Wildman–Crippen LogP) is -0.0646. The minimum Gasteiger partial charge on any atom is -0.373 e. The van der Waals surface area contributed by atoms with E-state index in [9.17, 15) is 4.79 Å². The number of benzene rings is 1. The maximum atomic E-state index is 10.7. The second kappa shape index (κ2) is 4.62. The summed E-state index contributed by atoms with van der Waals surface area (Å²) in [6.07, 6.45) is 0. The van der Waals surface area contributed by atoms with Crippen LogP contribution < -0.4 is 16.4 Å². The summed E-state index contributed by atoms with van der Waals surface area (Å²) < 4.78 is 0. The Bertz CT molecular complexity index is 299. The molecule has 0 heterocycles. The third-order valence-electron chi connectivity index (χ3n) is 2.03. The standard InChI is InChI=1S/C10H15N3O/c1-13(7-9(11)10(12)14)8-5-3-2-4-6-8/h2-6,9H,7,11H2,1H3,(H2,12,14). The van der Waals surface area contributed by atoms with Crippen molar-refractivity contribution < 1.29 is 4.79 Å². The molecule has 1 aromatic rings. The summed E-state index contributed by atoms with van der Waals surface area (Å²) in [7, 11) is 1.87. The van der Waals surface area contributed by atoms with Crippen LogP contribution in [0.2, 0.25) is 0 Å². The van der Waals surface area contributed by atoms with Crippen molar-refractivity contribution in [2.75, 3.05) is 18.5 Å². The second-order valence-electron chi connectivity index (χ2n) is 3.22. The van der Waals surface area contributed by atoms with Crippen molar-refractivity contribution in [1.82, 2.24) is 0 Å². The van der Waals surface area contributed by atoms with E-state index in [4.69, 9.17) is 11.5 Å². The Kier molecular flexibility index (Phi) is 3.48. The highest BCUT2D eigenvalue weighted by molar-refractivity contribution is 5.80. The lowest BCUT2D eigenvalue weighted by atomic mass is 10.2. The fourth-order valence-corrected chi connectivity index (χ4v) is 1.17. The zero-order valence-electron chi connectivity index (χ0n) is 8.18. The Morgan fingerprint density at radius 1 is 1.43 bits per heavy atom. The average Bonchev–Trinajstić information content (AvgIpc) is 2.19. The number of rotatable bonds is 4. The fourth-order valence-electron chi connectivity index (χ4n) is 1.17. The van der Waals surface area contributed by atoms with E-state index in [1.165, 1.54) is 0 Å². The summed E-state index contributed by atoms with van der Waals surface area (Å²) >= 11 is 0. The number of nitrogens with zero attached hydrogens (tertiary/aromatic N) is 1.